The van der Waals surface area contributed by atoms with Crippen molar-refractivity contribution in [3.63, 3.8) is 0 Å². The van der Waals surface area contributed by atoms with Gasteiger partial charge in [-0.15, -0.1) is 0 Å². The number of hydrogen-bond acceptors (Lipinski definition) is 5. The van der Waals surface area contributed by atoms with Crippen molar-refractivity contribution < 1.29 is 23.8 Å². The second-order valence-corrected chi connectivity index (χ2v) is 5.67. The van der Waals surface area contributed by atoms with Crippen LogP contribution < -0.4 is 9.47 Å². The molecule has 0 aromatic heterocycles. The first-order valence-electron chi connectivity index (χ1n) is 7.98. The number of nitrogens with zero attached hydrogens (tertiary/aromatic N) is 1. The van der Waals surface area contributed by atoms with Gasteiger partial charge in [-0.1, -0.05) is 30.3 Å². The van der Waals surface area contributed by atoms with Gasteiger partial charge in [0.05, 0.1) is 5.56 Å². The van der Waals surface area contributed by atoms with Crippen molar-refractivity contribution in [2.45, 2.75) is 6.54 Å². The Balaban J connectivity index is 1.54. The molecule has 1 aliphatic heterocycles. The Bertz CT molecular complexity index is 760. The first-order chi connectivity index (χ1) is 12.1. The monoisotopic (exact) mass is 341 g/mol. The van der Waals surface area contributed by atoms with Crippen molar-refractivity contribution in [1.29, 1.82) is 0 Å². The fraction of sp³-hybridized carbons (Fsp3) is 0.263. The minimum atomic E-state index is -0.571. The molecule has 2 aromatic rings. The number of hydrogen-bond donors (Lipinski definition) is 0. The summed E-state index contributed by atoms with van der Waals surface area (Å²) in [6.45, 7) is 1.07. The molecule has 0 atom stereocenters. The van der Waals surface area contributed by atoms with Crippen LogP contribution in [0.25, 0.3) is 0 Å². The molecule has 0 saturated heterocycles. The Morgan fingerprint density at radius 1 is 1.04 bits per heavy atom. The number of fused-ring (bicyclic) bond motifs is 1. The lowest BCUT2D eigenvalue weighted by Crippen LogP contribution is -2.30. The molecule has 3 rings (SSSR count). The minimum Gasteiger partial charge on any atom is -0.486 e. The molecule has 0 N–H and O–H groups in total. The molecule has 0 fully saturated rings. The molecule has 1 heterocycles. The van der Waals surface area contributed by atoms with Crippen molar-refractivity contribution in [2.24, 2.45) is 0 Å². The third-order valence-electron chi connectivity index (χ3n) is 3.79. The van der Waals surface area contributed by atoms with E-state index < -0.39 is 5.97 Å². The third-order valence-corrected chi connectivity index (χ3v) is 3.79. The van der Waals surface area contributed by atoms with Crippen molar-refractivity contribution in [2.75, 3.05) is 26.9 Å². The van der Waals surface area contributed by atoms with Gasteiger partial charge in [0, 0.05) is 13.6 Å². The van der Waals surface area contributed by atoms with E-state index in [1.54, 1.807) is 25.2 Å². The first-order valence-corrected chi connectivity index (χ1v) is 7.98. The summed E-state index contributed by atoms with van der Waals surface area (Å²) in [4.78, 5) is 25.8. The fourth-order valence-corrected chi connectivity index (χ4v) is 2.44. The molecule has 6 nitrogen and oxygen atoms in total. The van der Waals surface area contributed by atoms with Gasteiger partial charge in [-0.05, 0) is 23.8 Å². The molecule has 0 spiro atoms. The third kappa shape index (κ3) is 4.29. The number of carbonyl (C=O) groups excluding carboxylic acids is 2. The van der Waals surface area contributed by atoms with Crippen LogP contribution in [0.5, 0.6) is 11.5 Å². The van der Waals surface area contributed by atoms with Crippen LogP contribution in [0.15, 0.2) is 48.5 Å². The van der Waals surface area contributed by atoms with Gasteiger partial charge in [0.15, 0.2) is 18.1 Å². The average molecular weight is 341 g/mol. The van der Waals surface area contributed by atoms with Crippen LogP contribution in [0.1, 0.15) is 15.9 Å². The first kappa shape index (κ1) is 16.8. The van der Waals surface area contributed by atoms with E-state index in [1.165, 1.54) is 4.90 Å². The normalized spacial score (nSPS) is 12.4. The van der Waals surface area contributed by atoms with E-state index in [4.69, 9.17) is 14.2 Å². The lowest BCUT2D eigenvalue weighted by atomic mass is 10.2. The van der Waals surface area contributed by atoms with Gasteiger partial charge in [0.1, 0.15) is 13.2 Å². The maximum Gasteiger partial charge on any atom is 0.338 e. The van der Waals surface area contributed by atoms with Crippen LogP contribution in [0.2, 0.25) is 0 Å². The maximum atomic E-state index is 12.1. The quantitative estimate of drug-likeness (QED) is 0.781. The Kier molecular flexibility index (Phi) is 5.18. The number of amides is 1. The average Bonchev–Trinajstić information content (AvgIpc) is 2.66. The number of esters is 1. The van der Waals surface area contributed by atoms with Crippen LogP contribution in [0.3, 0.4) is 0 Å². The molecule has 25 heavy (non-hydrogen) atoms. The summed E-state index contributed by atoms with van der Waals surface area (Å²) in [6, 6.07) is 14.4. The molecule has 130 valence electrons. The Morgan fingerprint density at radius 3 is 2.52 bits per heavy atom. The minimum absolute atomic E-state index is 0.269. The maximum absolute atomic E-state index is 12.1. The molecule has 0 bridgehead atoms. The predicted molar refractivity (Wildman–Crippen MR) is 90.6 cm³/mol. The van der Waals surface area contributed by atoms with Crippen molar-refractivity contribution in [1.82, 2.24) is 4.90 Å². The zero-order valence-corrected chi connectivity index (χ0v) is 13.9. The van der Waals surface area contributed by atoms with Gasteiger partial charge in [0.2, 0.25) is 0 Å². The van der Waals surface area contributed by atoms with Crippen LogP contribution in [-0.2, 0) is 16.1 Å². The smallest absolute Gasteiger partial charge is 0.338 e. The highest BCUT2D eigenvalue weighted by Gasteiger charge is 2.17. The van der Waals surface area contributed by atoms with E-state index in [2.05, 4.69) is 0 Å². The zero-order valence-electron chi connectivity index (χ0n) is 13.9. The van der Waals surface area contributed by atoms with Crippen molar-refractivity contribution in [3.8, 4) is 11.5 Å². The van der Waals surface area contributed by atoms with Gasteiger partial charge in [-0.25, -0.2) is 4.79 Å². The molecule has 6 heteroatoms. The summed E-state index contributed by atoms with van der Waals surface area (Å²) in [7, 11) is 1.67. The number of carbonyl (C=O) groups is 2. The van der Waals surface area contributed by atoms with Crippen LogP contribution in [-0.4, -0.2) is 43.6 Å². The Morgan fingerprint density at radius 2 is 1.76 bits per heavy atom. The van der Waals surface area contributed by atoms with Crippen molar-refractivity contribution in [3.05, 3.63) is 59.7 Å². The van der Waals surface area contributed by atoms with E-state index in [0.29, 0.717) is 36.8 Å². The summed E-state index contributed by atoms with van der Waals surface area (Å²) in [6.07, 6.45) is 0. The topological polar surface area (TPSA) is 65.1 Å². The second kappa shape index (κ2) is 7.70. The van der Waals surface area contributed by atoms with Crippen LogP contribution in [0.4, 0.5) is 0 Å². The van der Waals surface area contributed by atoms with E-state index in [9.17, 15) is 9.59 Å². The molecule has 0 saturated carbocycles. The van der Waals surface area contributed by atoms with E-state index in [1.807, 2.05) is 30.3 Å². The largest absolute Gasteiger partial charge is 0.486 e. The zero-order chi connectivity index (χ0) is 17.6. The summed E-state index contributed by atoms with van der Waals surface area (Å²) in [5, 5.41) is 0. The summed E-state index contributed by atoms with van der Waals surface area (Å²) in [5.41, 5.74) is 1.33. The molecule has 1 amide bonds. The molecule has 0 aliphatic carbocycles. The van der Waals surface area contributed by atoms with Crippen LogP contribution >= 0.6 is 0 Å². The van der Waals surface area contributed by atoms with Crippen molar-refractivity contribution >= 4 is 11.9 Å². The summed E-state index contributed by atoms with van der Waals surface area (Å²) in [5.74, 6) is 0.267. The molecule has 0 unspecified atom stereocenters. The van der Waals surface area contributed by atoms with Gasteiger partial charge in [0.25, 0.3) is 5.91 Å². The molecule has 0 radical (unpaired) electrons. The van der Waals surface area contributed by atoms with Gasteiger partial charge in [-0.3, -0.25) is 4.79 Å². The van der Waals surface area contributed by atoms with E-state index >= 15 is 0 Å². The molecule has 2 aromatic carbocycles. The highest BCUT2D eigenvalue weighted by Crippen LogP contribution is 2.30. The number of benzene rings is 2. The van der Waals surface area contributed by atoms with E-state index in [0.717, 1.165) is 5.56 Å². The summed E-state index contributed by atoms with van der Waals surface area (Å²) < 4.78 is 16.0. The lowest BCUT2D eigenvalue weighted by molar-refractivity contribution is -0.133. The number of likely N-dealkylation sites (N-methyl/N-ethyl adjacent to an activating group) is 1. The second-order valence-electron chi connectivity index (χ2n) is 5.67. The predicted octanol–water partition coefficient (Wildman–Crippen LogP) is 2.27. The Labute approximate surface area is 145 Å². The highest BCUT2D eigenvalue weighted by atomic mass is 16.6. The SMILES string of the molecule is CN(Cc1ccccc1)C(=O)COC(=O)c1ccc2c(c1)OCCO2. The van der Waals surface area contributed by atoms with Crippen LogP contribution in [0, 0.1) is 0 Å². The van der Waals surface area contributed by atoms with E-state index in [-0.39, 0.29) is 12.5 Å². The van der Waals surface area contributed by atoms with Gasteiger partial charge < -0.3 is 19.1 Å². The lowest BCUT2D eigenvalue weighted by Gasteiger charge is -2.19. The molecule has 1 aliphatic rings. The molecular formula is C19H19NO5. The van der Waals surface area contributed by atoms with Gasteiger partial charge >= 0.3 is 5.97 Å². The number of rotatable bonds is 5. The standard InChI is InChI=1S/C19H19NO5/c1-20(12-14-5-3-2-4-6-14)18(21)13-25-19(22)15-7-8-16-17(11-15)24-10-9-23-16/h2-8,11H,9-10,12-13H2,1H3. The highest BCUT2D eigenvalue weighted by molar-refractivity contribution is 5.92. The van der Waals surface area contributed by atoms with Gasteiger partial charge in [-0.2, -0.15) is 0 Å². The fourth-order valence-electron chi connectivity index (χ4n) is 2.44. The summed E-state index contributed by atoms with van der Waals surface area (Å²) >= 11 is 0. The Hall–Kier alpha value is -3.02. The molecular weight excluding hydrogens is 322 g/mol. The number of ether oxygens (including phenoxy) is 3.